The SMILES string of the molecule is C[n+]1ccc(C=Cc2c[nH]c3ccccc23)cc1.Cc1[nH]c2ccccc2c1N=Nc1ccc[n+](C)c1.Cn1nc[n+](C)c1N=Nc1cn(C)c2ccccc12. The average Bonchev–Trinajstić information content (AvgIpc) is 3.96. The number of nitrogens with one attached hydrogen (secondary N) is 2. The Morgan fingerprint density at radius 3 is 2.14 bits per heavy atom. The fraction of sp³-hybridized carbons (Fsp3) is 0.136. The van der Waals surface area contributed by atoms with Crippen molar-refractivity contribution in [2.75, 3.05) is 0 Å². The van der Waals surface area contributed by atoms with Gasteiger partial charge in [-0.1, -0.05) is 71.9 Å². The number of azo groups is 2. The van der Waals surface area contributed by atoms with Crippen molar-refractivity contribution in [2.45, 2.75) is 6.92 Å². The van der Waals surface area contributed by atoms with E-state index in [9.17, 15) is 0 Å². The average molecular weight is 742 g/mol. The van der Waals surface area contributed by atoms with Crippen molar-refractivity contribution in [1.82, 2.24) is 24.3 Å². The lowest BCUT2D eigenvalue weighted by Crippen LogP contribution is -2.25. The van der Waals surface area contributed by atoms with Crippen LogP contribution in [0.2, 0.25) is 0 Å². The van der Waals surface area contributed by atoms with E-state index in [0.717, 1.165) is 44.6 Å². The summed E-state index contributed by atoms with van der Waals surface area (Å²) in [6, 6.07) is 32.7. The number of aromatic amines is 2. The molecular formula is C44H45N12+3. The molecule has 9 aromatic rings. The van der Waals surface area contributed by atoms with Crippen LogP contribution in [0.4, 0.5) is 23.0 Å². The maximum atomic E-state index is 4.39. The van der Waals surface area contributed by atoms with Gasteiger partial charge in [-0.25, -0.2) is 13.7 Å². The number of H-pyrrole nitrogens is 2. The van der Waals surface area contributed by atoms with Gasteiger partial charge < -0.3 is 14.5 Å². The molecule has 0 bridgehead atoms. The third-order valence-corrected chi connectivity index (χ3v) is 9.26. The summed E-state index contributed by atoms with van der Waals surface area (Å²) in [5.41, 5.74) is 9.48. The Kier molecular flexibility index (Phi) is 11.1. The van der Waals surface area contributed by atoms with Gasteiger partial charge in [0, 0.05) is 75.6 Å². The van der Waals surface area contributed by atoms with Gasteiger partial charge in [0.2, 0.25) is 6.33 Å². The Labute approximate surface area is 325 Å². The Morgan fingerprint density at radius 2 is 1.39 bits per heavy atom. The predicted octanol–water partition coefficient (Wildman–Crippen LogP) is 9.03. The molecule has 12 nitrogen and oxygen atoms in total. The van der Waals surface area contributed by atoms with E-state index in [-0.39, 0.29) is 0 Å². The van der Waals surface area contributed by atoms with Crippen LogP contribution in [0.3, 0.4) is 0 Å². The number of nitrogens with zero attached hydrogens (tertiary/aromatic N) is 10. The van der Waals surface area contributed by atoms with Crippen molar-refractivity contribution in [2.24, 2.45) is 55.7 Å². The highest BCUT2D eigenvalue weighted by atomic mass is 15.4. The Balaban J connectivity index is 0.000000129. The molecule has 278 valence electrons. The summed E-state index contributed by atoms with van der Waals surface area (Å²) in [6.07, 6.45) is 18.0. The first-order chi connectivity index (χ1) is 27.2. The minimum absolute atomic E-state index is 0.702. The third-order valence-electron chi connectivity index (χ3n) is 9.26. The molecular weight excluding hydrogens is 697 g/mol. The molecule has 2 N–H and O–H groups in total. The molecule has 56 heavy (non-hydrogen) atoms. The quantitative estimate of drug-likeness (QED) is 0.129. The van der Waals surface area contributed by atoms with Crippen LogP contribution in [0.15, 0.2) is 161 Å². The summed E-state index contributed by atoms with van der Waals surface area (Å²) in [4.78, 5) is 6.59. The molecule has 0 aliphatic heterocycles. The van der Waals surface area contributed by atoms with Gasteiger partial charge in [-0.05, 0) is 47.4 Å². The van der Waals surface area contributed by atoms with Crippen LogP contribution in [-0.4, -0.2) is 24.3 Å². The van der Waals surface area contributed by atoms with Gasteiger partial charge in [0.1, 0.15) is 31.2 Å². The van der Waals surface area contributed by atoms with Gasteiger partial charge in [0.25, 0.3) is 0 Å². The highest BCUT2D eigenvalue weighted by molar-refractivity contribution is 5.93. The number of benzene rings is 3. The molecule has 3 aromatic carbocycles. The topological polar surface area (TPSA) is 115 Å². The van der Waals surface area contributed by atoms with Crippen molar-refractivity contribution >= 4 is 67.9 Å². The van der Waals surface area contributed by atoms with Crippen LogP contribution >= 0.6 is 0 Å². The van der Waals surface area contributed by atoms with E-state index in [0.29, 0.717) is 5.95 Å². The first-order valence-corrected chi connectivity index (χ1v) is 18.2. The van der Waals surface area contributed by atoms with Crippen LogP contribution in [0.1, 0.15) is 16.8 Å². The summed E-state index contributed by atoms with van der Waals surface area (Å²) in [5, 5.41) is 24.9. The number of pyridine rings is 2. The van der Waals surface area contributed by atoms with Gasteiger partial charge in [0.05, 0.1) is 19.6 Å². The summed E-state index contributed by atoms with van der Waals surface area (Å²) >= 11 is 0. The summed E-state index contributed by atoms with van der Waals surface area (Å²) in [5.74, 6) is 0.702. The Hall–Kier alpha value is -7.34. The van der Waals surface area contributed by atoms with Crippen LogP contribution < -0.4 is 13.7 Å². The molecule has 6 aromatic heterocycles. The first-order valence-electron chi connectivity index (χ1n) is 18.2. The van der Waals surface area contributed by atoms with Crippen molar-refractivity contribution in [3.05, 3.63) is 157 Å². The smallest absolute Gasteiger partial charge is 0.361 e. The van der Waals surface area contributed by atoms with E-state index in [1.807, 2.05) is 140 Å². The number of rotatable bonds is 6. The van der Waals surface area contributed by atoms with Gasteiger partial charge in [-0.2, -0.15) is 0 Å². The molecule has 6 heterocycles. The normalized spacial score (nSPS) is 11.5. The number of aromatic nitrogens is 8. The van der Waals surface area contributed by atoms with Crippen molar-refractivity contribution in [1.29, 1.82) is 0 Å². The summed E-state index contributed by atoms with van der Waals surface area (Å²) in [6.45, 7) is 2.01. The van der Waals surface area contributed by atoms with Crippen molar-refractivity contribution in [3.8, 4) is 0 Å². The van der Waals surface area contributed by atoms with E-state index < -0.39 is 0 Å². The zero-order valence-electron chi connectivity index (χ0n) is 32.4. The third kappa shape index (κ3) is 8.55. The molecule has 0 aliphatic carbocycles. The van der Waals surface area contributed by atoms with Crippen LogP contribution in [0, 0.1) is 6.92 Å². The maximum Gasteiger partial charge on any atom is 0.403 e. The molecule has 0 atom stereocenters. The molecule has 0 amide bonds. The summed E-state index contributed by atoms with van der Waals surface area (Å²) < 4.78 is 9.55. The molecule has 0 radical (unpaired) electrons. The second kappa shape index (κ2) is 16.8. The molecule has 0 spiro atoms. The van der Waals surface area contributed by atoms with Crippen LogP contribution in [-0.2, 0) is 35.2 Å². The molecule has 0 saturated carbocycles. The van der Waals surface area contributed by atoms with Gasteiger partial charge in [-0.15, -0.1) is 14.9 Å². The van der Waals surface area contributed by atoms with Crippen molar-refractivity contribution in [3.63, 3.8) is 0 Å². The molecule has 0 fully saturated rings. The van der Waals surface area contributed by atoms with E-state index in [1.165, 1.54) is 22.0 Å². The molecule has 0 saturated heterocycles. The molecule has 0 aliphatic rings. The lowest BCUT2D eigenvalue weighted by molar-refractivity contribution is -0.671. The Bertz CT molecular complexity index is 2810. The fourth-order valence-corrected chi connectivity index (χ4v) is 6.29. The van der Waals surface area contributed by atoms with E-state index in [2.05, 4.69) is 103 Å². The number of para-hydroxylation sites is 3. The lowest BCUT2D eigenvalue weighted by Gasteiger charge is -1.92. The minimum atomic E-state index is 0.702. The molecule has 9 rings (SSSR count). The monoisotopic (exact) mass is 741 g/mol. The Morgan fingerprint density at radius 1 is 0.679 bits per heavy atom. The second-order valence-corrected chi connectivity index (χ2v) is 13.5. The predicted molar refractivity (Wildman–Crippen MR) is 221 cm³/mol. The van der Waals surface area contributed by atoms with E-state index in [1.54, 1.807) is 11.0 Å². The highest BCUT2D eigenvalue weighted by Gasteiger charge is 2.13. The maximum absolute atomic E-state index is 4.39. The standard InChI is InChI=1S/C16H14N2.C15H15N4.C13H15N6/c1-18-10-8-13(9-11-18)6-7-14-12-17-16-5-3-2-4-15(14)16;1-11-15(13-7-3-4-8-14(13)16-11)18-17-12-6-5-9-19(2)10-12;1-17-8-11(10-6-4-5-7-12(10)17)15-16-13-18(2)9-14-19(13)3/h2-12H,1H3;3-10,16H,1-2H3;4-9H,1-3H3/q;2*+1/p+1. The van der Waals surface area contributed by atoms with E-state index in [4.69, 9.17) is 0 Å². The van der Waals surface area contributed by atoms with Crippen LogP contribution in [0.25, 0.3) is 44.9 Å². The fourth-order valence-electron chi connectivity index (χ4n) is 6.29. The molecule has 0 unspecified atom stereocenters. The zero-order chi connectivity index (χ0) is 39.0. The number of hydrogen-bond acceptors (Lipinski definition) is 5. The van der Waals surface area contributed by atoms with Gasteiger partial charge in [0.15, 0.2) is 24.8 Å². The van der Waals surface area contributed by atoms with Crippen LogP contribution in [0.5, 0.6) is 0 Å². The molecule has 12 heteroatoms. The second-order valence-electron chi connectivity index (χ2n) is 13.5. The highest BCUT2D eigenvalue weighted by Crippen LogP contribution is 2.31. The number of aryl methyl sites for hydroxylation is 6. The first kappa shape index (κ1) is 37.0. The zero-order valence-corrected chi connectivity index (χ0v) is 32.4. The number of fused-ring (bicyclic) bond motifs is 3. The van der Waals surface area contributed by atoms with Gasteiger partial charge in [-0.3, -0.25) is 0 Å². The largest absolute Gasteiger partial charge is 0.403 e. The minimum Gasteiger partial charge on any atom is -0.361 e. The number of hydrogen-bond donors (Lipinski definition) is 2. The lowest BCUT2D eigenvalue weighted by atomic mass is 10.1. The van der Waals surface area contributed by atoms with Gasteiger partial charge >= 0.3 is 5.95 Å². The van der Waals surface area contributed by atoms with Crippen molar-refractivity contribution < 1.29 is 13.7 Å². The summed E-state index contributed by atoms with van der Waals surface area (Å²) in [7, 11) is 9.73. The van der Waals surface area contributed by atoms with E-state index >= 15 is 0 Å².